The van der Waals surface area contributed by atoms with Crippen LogP contribution in [0.3, 0.4) is 0 Å². The molecule has 2 amide bonds. The van der Waals surface area contributed by atoms with E-state index in [1.807, 2.05) is 25.9 Å². The third kappa shape index (κ3) is 3.87. The van der Waals surface area contributed by atoms with Crippen LogP contribution in [-0.2, 0) is 19.9 Å². The standard InChI is InChI=1S/C28H31N3O5/c1-5-16-30-22-11-8-7-10-21(22)28(27(30)35)23(24(32)19-12-14-20(15-13-19)36-6-2)25(33)26(34)31(28)18-9-17-29(3)4/h5,7-8,10-15,32H,1,6,9,16-18H2,2-4H3. The van der Waals surface area contributed by atoms with Crippen LogP contribution in [-0.4, -0.2) is 72.8 Å². The zero-order valence-electron chi connectivity index (χ0n) is 20.9. The summed E-state index contributed by atoms with van der Waals surface area (Å²) in [5.41, 5.74) is -0.585. The summed E-state index contributed by atoms with van der Waals surface area (Å²) in [5, 5.41) is 11.5. The van der Waals surface area contributed by atoms with E-state index in [-0.39, 0.29) is 18.7 Å². The van der Waals surface area contributed by atoms with Gasteiger partial charge >= 0.3 is 0 Å². The van der Waals surface area contributed by atoms with Gasteiger partial charge in [0.05, 0.1) is 17.9 Å². The van der Waals surface area contributed by atoms with Crippen LogP contribution in [0.5, 0.6) is 5.75 Å². The highest BCUT2D eigenvalue weighted by molar-refractivity contribution is 6.50. The van der Waals surface area contributed by atoms with Gasteiger partial charge in [-0.15, -0.1) is 6.58 Å². The maximum Gasteiger partial charge on any atom is 0.296 e. The molecule has 1 unspecified atom stereocenters. The number of carbonyl (C=O) groups is 3. The van der Waals surface area contributed by atoms with E-state index in [0.717, 1.165) is 0 Å². The lowest BCUT2D eigenvalue weighted by atomic mass is 9.82. The normalized spacial score (nSPS) is 20.5. The Bertz CT molecular complexity index is 1230. The molecule has 2 aliphatic rings. The molecule has 0 radical (unpaired) electrons. The van der Waals surface area contributed by atoms with Gasteiger partial charge in [-0.25, -0.2) is 0 Å². The van der Waals surface area contributed by atoms with E-state index < -0.39 is 28.9 Å². The van der Waals surface area contributed by atoms with Gasteiger partial charge in [-0.1, -0.05) is 24.3 Å². The number of rotatable bonds is 9. The van der Waals surface area contributed by atoms with E-state index in [1.54, 1.807) is 54.6 Å². The van der Waals surface area contributed by atoms with Crippen LogP contribution in [0.15, 0.2) is 66.8 Å². The first-order valence-corrected chi connectivity index (χ1v) is 12.0. The van der Waals surface area contributed by atoms with E-state index in [4.69, 9.17) is 4.74 Å². The Hall–Kier alpha value is -3.91. The number of aliphatic hydroxyl groups is 1. The van der Waals surface area contributed by atoms with Gasteiger partial charge < -0.3 is 24.5 Å². The summed E-state index contributed by atoms with van der Waals surface area (Å²) in [6.45, 7) is 7.14. The van der Waals surface area contributed by atoms with Crippen molar-refractivity contribution in [3.63, 3.8) is 0 Å². The van der Waals surface area contributed by atoms with Crippen LogP contribution < -0.4 is 9.64 Å². The monoisotopic (exact) mass is 489 g/mol. The van der Waals surface area contributed by atoms with Crippen LogP contribution in [0.4, 0.5) is 5.69 Å². The van der Waals surface area contributed by atoms with E-state index in [0.29, 0.717) is 42.1 Å². The van der Waals surface area contributed by atoms with Gasteiger partial charge in [-0.05, 0) is 64.3 Å². The number of nitrogens with zero attached hydrogens (tertiary/aromatic N) is 3. The third-order valence-electron chi connectivity index (χ3n) is 6.55. The lowest BCUT2D eigenvalue weighted by molar-refractivity contribution is -0.143. The quantitative estimate of drug-likeness (QED) is 0.252. The third-order valence-corrected chi connectivity index (χ3v) is 6.55. The number of para-hydroxylation sites is 1. The Morgan fingerprint density at radius 3 is 2.44 bits per heavy atom. The number of hydrogen-bond acceptors (Lipinski definition) is 6. The van der Waals surface area contributed by atoms with Gasteiger partial charge in [-0.3, -0.25) is 14.4 Å². The van der Waals surface area contributed by atoms with Crippen LogP contribution >= 0.6 is 0 Å². The average molecular weight is 490 g/mol. The van der Waals surface area contributed by atoms with Gasteiger partial charge in [0, 0.05) is 24.2 Å². The number of carbonyl (C=O) groups excluding carboxylic acids is 3. The summed E-state index contributed by atoms with van der Waals surface area (Å²) in [6.07, 6.45) is 2.14. The van der Waals surface area contributed by atoms with Gasteiger partial charge in [0.15, 0.2) is 5.54 Å². The maximum atomic E-state index is 14.2. The zero-order valence-corrected chi connectivity index (χ0v) is 20.9. The van der Waals surface area contributed by atoms with E-state index in [1.165, 1.54) is 9.80 Å². The molecule has 2 aromatic carbocycles. The molecule has 1 spiro atoms. The molecule has 2 aliphatic heterocycles. The molecule has 0 bridgehead atoms. The first-order chi connectivity index (χ1) is 17.3. The Balaban J connectivity index is 1.96. The van der Waals surface area contributed by atoms with E-state index >= 15 is 0 Å². The van der Waals surface area contributed by atoms with Crippen molar-refractivity contribution in [1.29, 1.82) is 0 Å². The maximum absolute atomic E-state index is 14.2. The summed E-state index contributed by atoms with van der Waals surface area (Å²) >= 11 is 0. The molecule has 1 atom stereocenters. The SMILES string of the molecule is C=CCN1C(=O)C2(C(=C(O)c3ccc(OCC)cc3)C(=O)C(=O)N2CCCN(C)C)c2ccccc21. The van der Waals surface area contributed by atoms with Crippen molar-refractivity contribution < 1.29 is 24.2 Å². The summed E-state index contributed by atoms with van der Waals surface area (Å²) in [6, 6.07) is 13.7. The second-order valence-electron chi connectivity index (χ2n) is 9.06. The van der Waals surface area contributed by atoms with Crippen molar-refractivity contribution in [2.75, 3.05) is 45.2 Å². The number of likely N-dealkylation sites (tertiary alicyclic amines) is 1. The zero-order chi connectivity index (χ0) is 26.0. The summed E-state index contributed by atoms with van der Waals surface area (Å²) in [4.78, 5) is 46.0. The molecule has 36 heavy (non-hydrogen) atoms. The van der Waals surface area contributed by atoms with Crippen LogP contribution in [0.2, 0.25) is 0 Å². The fraction of sp³-hybridized carbons (Fsp3) is 0.321. The van der Waals surface area contributed by atoms with E-state index in [9.17, 15) is 19.5 Å². The number of aliphatic hydroxyl groups excluding tert-OH is 1. The van der Waals surface area contributed by atoms with Crippen molar-refractivity contribution >= 4 is 29.0 Å². The van der Waals surface area contributed by atoms with Crippen LogP contribution in [0.1, 0.15) is 24.5 Å². The van der Waals surface area contributed by atoms with E-state index in [2.05, 4.69) is 6.58 Å². The molecular formula is C28H31N3O5. The van der Waals surface area contributed by atoms with Crippen molar-refractivity contribution in [2.24, 2.45) is 0 Å². The number of fused-ring (bicyclic) bond motifs is 2. The van der Waals surface area contributed by atoms with Crippen molar-refractivity contribution in [3.8, 4) is 5.75 Å². The molecule has 1 saturated heterocycles. The molecule has 1 fully saturated rings. The molecule has 1 N–H and O–H groups in total. The first kappa shape index (κ1) is 25.2. The molecule has 0 saturated carbocycles. The average Bonchev–Trinajstić information content (AvgIpc) is 3.23. The van der Waals surface area contributed by atoms with Gasteiger partial charge in [0.1, 0.15) is 11.5 Å². The minimum atomic E-state index is -1.76. The number of anilines is 1. The minimum absolute atomic E-state index is 0.171. The Morgan fingerprint density at radius 2 is 1.81 bits per heavy atom. The second kappa shape index (κ2) is 9.99. The van der Waals surface area contributed by atoms with Crippen molar-refractivity contribution in [1.82, 2.24) is 9.80 Å². The van der Waals surface area contributed by atoms with Gasteiger partial charge in [-0.2, -0.15) is 0 Å². The fourth-order valence-corrected chi connectivity index (χ4v) is 5.04. The molecule has 8 heteroatoms. The second-order valence-corrected chi connectivity index (χ2v) is 9.06. The predicted octanol–water partition coefficient (Wildman–Crippen LogP) is 3.15. The molecule has 8 nitrogen and oxygen atoms in total. The van der Waals surface area contributed by atoms with Crippen LogP contribution in [0.25, 0.3) is 5.76 Å². The molecule has 0 aliphatic carbocycles. The fourth-order valence-electron chi connectivity index (χ4n) is 5.04. The van der Waals surface area contributed by atoms with Gasteiger partial charge in [0.2, 0.25) is 0 Å². The topological polar surface area (TPSA) is 90.4 Å². The number of benzene rings is 2. The highest BCUT2D eigenvalue weighted by Gasteiger charge is 2.66. The summed E-state index contributed by atoms with van der Waals surface area (Å²) < 4.78 is 5.48. The number of ketones is 1. The highest BCUT2D eigenvalue weighted by Crippen LogP contribution is 2.53. The summed E-state index contributed by atoms with van der Waals surface area (Å²) in [7, 11) is 3.83. The number of Topliss-reactive ketones (excluding diaryl/α,β-unsaturated/α-hetero) is 1. The van der Waals surface area contributed by atoms with Crippen LogP contribution in [0, 0.1) is 0 Å². The Labute approximate surface area is 211 Å². The van der Waals surface area contributed by atoms with Crippen molar-refractivity contribution in [3.05, 3.63) is 77.9 Å². The molecular weight excluding hydrogens is 458 g/mol. The molecule has 2 aromatic rings. The molecule has 188 valence electrons. The highest BCUT2D eigenvalue weighted by atomic mass is 16.5. The number of ether oxygens (including phenoxy) is 1. The molecule has 2 heterocycles. The lowest BCUT2D eigenvalue weighted by Crippen LogP contribution is -2.52. The first-order valence-electron chi connectivity index (χ1n) is 12.0. The minimum Gasteiger partial charge on any atom is -0.507 e. The molecule has 0 aromatic heterocycles. The predicted molar refractivity (Wildman–Crippen MR) is 138 cm³/mol. The summed E-state index contributed by atoms with van der Waals surface area (Å²) in [5.74, 6) is -1.93. The largest absolute Gasteiger partial charge is 0.507 e. The Kier molecular flexibility index (Phi) is 6.99. The van der Waals surface area contributed by atoms with Gasteiger partial charge in [0.25, 0.3) is 17.6 Å². The number of amides is 2. The van der Waals surface area contributed by atoms with Crippen molar-refractivity contribution in [2.45, 2.75) is 18.9 Å². The number of hydrogen-bond donors (Lipinski definition) is 1. The molecule has 4 rings (SSSR count). The lowest BCUT2D eigenvalue weighted by Gasteiger charge is -2.34. The smallest absolute Gasteiger partial charge is 0.296 e. The Morgan fingerprint density at radius 1 is 1.11 bits per heavy atom.